The standard InChI is InChI=1S/C21H22FN3O3S/c1-13(26)25-7-4-16(5-8-25)24-20(27)18-11-15(22)12-23-21(18)28-17-2-3-19-14(10-17)6-9-29-19/h2-3,10-12,16H,4-9H2,1H3,(H,24,27). The Morgan fingerprint density at radius 3 is 2.83 bits per heavy atom. The summed E-state index contributed by atoms with van der Waals surface area (Å²) in [6.45, 7) is 2.73. The average Bonchev–Trinajstić information content (AvgIpc) is 3.17. The van der Waals surface area contributed by atoms with Crippen LogP contribution < -0.4 is 10.1 Å². The van der Waals surface area contributed by atoms with Gasteiger partial charge in [-0.2, -0.15) is 0 Å². The third-order valence-electron chi connectivity index (χ3n) is 5.21. The highest BCUT2D eigenvalue weighted by Crippen LogP contribution is 2.35. The number of halogens is 1. The normalized spacial score (nSPS) is 16.4. The van der Waals surface area contributed by atoms with Gasteiger partial charge in [-0.1, -0.05) is 0 Å². The summed E-state index contributed by atoms with van der Waals surface area (Å²) in [6.07, 6.45) is 3.33. The molecule has 0 bridgehead atoms. The zero-order valence-electron chi connectivity index (χ0n) is 16.1. The van der Waals surface area contributed by atoms with Gasteiger partial charge < -0.3 is 15.0 Å². The van der Waals surface area contributed by atoms with Crippen molar-refractivity contribution in [3.8, 4) is 11.6 Å². The Balaban J connectivity index is 1.48. The van der Waals surface area contributed by atoms with Crippen molar-refractivity contribution in [1.82, 2.24) is 15.2 Å². The Hall–Kier alpha value is -2.61. The molecule has 1 aromatic carbocycles. The summed E-state index contributed by atoms with van der Waals surface area (Å²) < 4.78 is 19.6. The van der Waals surface area contributed by atoms with Crippen LogP contribution in [-0.2, 0) is 11.2 Å². The van der Waals surface area contributed by atoms with Crippen LogP contribution >= 0.6 is 11.8 Å². The molecule has 4 rings (SSSR count). The first kappa shape index (κ1) is 19.7. The molecule has 152 valence electrons. The molecule has 1 N–H and O–H groups in total. The number of amides is 2. The Kier molecular flexibility index (Phi) is 5.71. The number of nitrogens with one attached hydrogen (secondary N) is 1. The molecule has 0 spiro atoms. The Bertz CT molecular complexity index is 945. The first-order valence-electron chi connectivity index (χ1n) is 9.65. The largest absolute Gasteiger partial charge is 0.438 e. The van der Waals surface area contributed by atoms with Crippen LogP contribution in [0.15, 0.2) is 35.4 Å². The number of benzene rings is 1. The Morgan fingerprint density at radius 1 is 1.28 bits per heavy atom. The fourth-order valence-corrected chi connectivity index (χ4v) is 4.66. The molecule has 2 aliphatic heterocycles. The lowest BCUT2D eigenvalue weighted by molar-refractivity contribution is -0.129. The number of hydrogen-bond acceptors (Lipinski definition) is 5. The molecule has 3 heterocycles. The molecule has 0 unspecified atom stereocenters. The molecule has 2 aliphatic rings. The number of nitrogens with zero attached hydrogens (tertiary/aromatic N) is 2. The van der Waals surface area contributed by atoms with Crippen LogP contribution in [0.2, 0.25) is 0 Å². The van der Waals surface area contributed by atoms with Crippen molar-refractivity contribution in [3.63, 3.8) is 0 Å². The summed E-state index contributed by atoms with van der Waals surface area (Å²) in [6, 6.07) is 6.84. The first-order valence-corrected chi connectivity index (χ1v) is 10.6. The number of thioether (sulfide) groups is 1. The molecule has 2 amide bonds. The predicted molar refractivity (Wildman–Crippen MR) is 108 cm³/mol. The van der Waals surface area contributed by atoms with E-state index in [1.165, 1.54) is 10.5 Å². The number of aromatic nitrogens is 1. The van der Waals surface area contributed by atoms with Gasteiger partial charge in [0, 0.05) is 36.7 Å². The highest BCUT2D eigenvalue weighted by atomic mass is 32.2. The number of fused-ring (bicyclic) bond motifs is 1. The van der Waals surface area contributed by atoms with E-state index in [2.05, 4.69) is 10.3 Å². The highest BCUT2D eigenvalue weighted by Gasteiger charge is 2.24. The van der Waals surface area contributed by atoms with Crippen molar-refractivity contribution in [3.05, 3.63) is 47.4 Å². The molecule has 0 saturated carbocycles. The fourth-order valence-electron chi connectivity index (χ4n) is 3.61. The van der Waals surface area contributed by atoms with E-state index in [0.717, 1.165) is 24.4 Å². The van der Waals surface area contributed by atoms with Gasteiger partial charge in [-0.3, -0.25) is 9.59 Å². The summed E-state index contributed by atoms with van der Waals surface area (Å²) in [7, 11) is 0. The second-order valence-electron chi connectivity index (χ2n) is 7.23. The van der Waals surface area contributed by atoms with Crippen molar-refractivity contribution in [2.75, 3.05) is 18.8 Å². The monoisotopic (exact) mass is 415 g/mol. The van der Waals surface area contributed by atoms with Gasteiger partial charge in [-0.25, -0.2) is 9.37 Å². The first-order chi connectivity index (χ1) is 14.0. The van der Waals surface area contributed by atoms with Gasteiger partial charge in [0.15, 0.2) is 0 Å². The summed E-state index contributed by atoms with van der Waals surface area (Å²) in [5.41, 5.74) is 1.27. The lowest BCUT2D eigenvalue weighted by atomic mass is 10.0. The van der Waals surface area contributed by atoms with Crippen LogP contribution in [0.1, 0.15) is 35.7 Å². The van der Waals surface area contributed by atoms with Gasteiger partial charge in [0.05, 0.1) is 6.20 Å². The number of rotatable bonds is 4. The third kappa shape index (κ3) is 4.53. The smallest absolute Gasteiger partial charge is 0.257 e. The van der Waals surface area contributed by atoms with Crippen LogP contribution in [0, 0.1) is 5.82 Å². The summed E-state index contributed by atoms with van der Waals surface area (Å²) in [4.78, 5) is 31.2. The van der Waals surface area contributed by atoms with Crippen molar-refractivity contribution in [2.24, 2.45) is 0 Å². The van der Waals surface area contributed by atoms with Crippen LogP contribution in [-0.4, -0.2) is 46.6 Å². The Labute approximate surface area is 172 Å². The molecule has 0 aliphatic carbocycles. The van der Waals surface area contributed by atoms with E-state index in [1.807, 2.05) is 18.2 Å². The third-order valence-corrected chi connectivity index (χ3v) is 6.33. The number of piperidine rings is 1. The number of carbonyl (C=O) groups is 2. The van der Waals surface area contributed by atoms with Crippen LogP contribution in [0.4, 0.5) is 4.39 Å². The lowest BCUT2D eigenvalue weighted by Gasteiger charge is -2.31. The number of likely N-dealkylation sites (tertiary alicyclic amines) is 1. The number of hydrogen-bond donors (Lipinski definition) is 1. The van der Waals surface area contributed by atoms with E-state index in [0.29, 0.717) is 31.7 Å². The molecule has 29 heavy (non-hydrogen) atoms. The average molecular weight is 415 g/mol. The molecule has 1 aromatic heterocycles. The highest BCUT2D eigenvalue weighted by molar-refractivity contribution is 7.99. The van der Waals surface area contributed by atoms with Gasteiger partial charge >= 0.3 is 0 Å². The fraction of sp³-hybridized carbons (Fsp3) is 0.381. The van der Waals surface area contributed by atoms with Crippen molar-refractivity contribution >= 4 is 23.6 Å². The SMILES string of the molecule is CC(=O)N1CCC(NC(=O)c2cc(F)cnc2Oc2ccc3c(c2)CCS3)CC1. The molecule has 0 radical (unpaired) electrons. The van der Waals surface area contributed by atoms with E-state index in [9.17, 15) is 14.0 Å². The minimum absolute atomic E-state index is 0.0348. The second-order valence-corrected chi connectivity index (χ2v) is 8.37. The molecule has 1 fully saturated rings. The van der Waals surface area contributed by atoms with E-state index in [-0.39, 0.29) is 23.4 Å². The zero-order valence-corrected chi connectivity index (χ0v) is 16.9. The molecule has 0 atom stereocenters. The van der Waals surface area contributed by atoms with Gasteiger partial charge in [0.2, 0.25) is 11.8 Å². The van der Waals surface area contributed by atoms with Gasteiger partial charge in [0.25, 0.3) is 5.91 Å². The van der Waals surface area contributed by atoms with Crippen LogP contribution in [0.25, 0.3) is 0 Å². The molecule has 8 heteroatoms. The van der Waals surface area contributed by atoms with Gasteiger partial charge in [0.1, 0.15) is 17.1 Å². The van der Waals surface area contributed by atoms with E-state index in [1.54, 1.807) is 23.6 Å². The van der Waals surface area contributed by atoms with Gasteiger partial charge in [-0.15, -0.1) is 11.8 Å². The number of ether oxygens (including phenoxy) is 1. The molecular formula is C21H22FN3O3S. The zero-order chi connectivity index (χ0) is 20.4. The molecular weight excluding hydrogens is 393 g/mol. The van der Waals surface area contributed by atoms with Gasteiger partial charge in [-0.05, 0) is 49.1 Å². The topological polar surface area (TPSA) is 71.5 Å². The van der Waals surface area contributed by atoms with Crippen LogP contribution in [0.3, 0.4) is 0 Å². The Morgan fingerprint density at radius 2 is 2.07 bits per heavy atom. The number of pyridine rings is 1. The van der Waals surface area contributed by atoms with E-state index < -0.39 is 11.7 Å². The van der Waals surface area contributed by atoms with Crippen molar-refractivity contribution in [1.29, 1.82) is 0 Å². The van der Waals surface area contributed by atoms with Crippen molar-refractivity contribution in [2.45, 2.75) is 37.1 Å². The van der Waals surface area contributed by atoms with E-state index in [4.69, 9.17) is 4.74 Å². The summed E-state index contributed by atoms with van der Waals surface area (Å²) in [5.74, 6) is 0.713. The second kappa shape index (κ2) is 8.41. The van der Waals surface area contributed by atoms with Crippen LogP contribution in [0.5, 0.6) is 11.6 Å². The molecule has 6 nitrogen and oxygen atoms in total. The maximum atomic E-state index is 13.8. The minimum Gasteiger partial charge on any atom is -0.438 e. The predicted octanol–water partition coefficient (Wildman–Crippen LogP) is 3.40. The lowest BCUT2D eigenvalue weighted by Crippen LogP contribution is -2.46. The maximum absolute atomic E-state index is 13.8. The van der Waals surface area contributed by atoms with Crippen molar-refractivity contribution < 1.29 is 18.7 Å². The minimum atomic E-state index is -0.598. The number of carbonyl (C=O) groups excluding carboxylic acids is 2. The molecule has 1 saturated heterocycles. The summed E-state index contributed by atoms with van der Waals surface area (Å²) in [5, 5.41) is 2.92. The number of aryl methyl sites for hydroxylation is 1. The molecule has 2 aromatic rings. The maximum Gasteiger partial charge on any atom is 0.257 e. The summed E-state index contributed by atoms with van der Waals surface area (Å²) >= 11 is 1.80. The quantitative estimate of drug-likeness (QED) is 0.829. The van der Waals surface area contributed by atoms with E-state index >= 15 is 0 Å².